The smallest absolute Gasteiger partial charge is 0.346 e. The van der Waals surface area contributed by atoms with E-state index in [2.05, 4.69) is 136 Å². The van der Waals surface area contributed by atoms with E-state index in [-0.39, 0.29) is 5.57 Å². The first-order valence-corrected chi connectivity index (χ1v) is 16.6. The Morgan fingerprint density at radius 2 is 0.898 bits per heavy atom. The molecule has 0 aliphatic carbocycles. The molecule has 0 bridgehead atoms. The lowest BCUT2D eigenvalue weighted by molar-refractivity contribution is -0.132. The summed E-state index contributed by atoms with van der Waals surface area (Å²) in [5.41, 5.74) is 10.7. The van der Waals surface area contributed by atoms with Gasteiger partial charge >= 0.3 is 5.97 Å². The fraction of sp³-hybridized carbons (Fsp3) is 0.0952. The van der Waals surface area contributed by atoms with Crippen molar-refractivity contribution in [2.75, 3.05) is 42.9 Å². The van der Waals surface area contributed by atoms with Crippen molar-refractivity contribution in [3.8, 4) is 38.8 Å². The molecule has 6 nitrogen and oxygen atoms in total. The maximum Gasteiger partial charge on any atom is 0.346 e. The first kappa shape index (κ1) is 32.8. The van der Waals surface area contributed by atoms with Crippen molar-refractivity contribution in [2.45, 2.75) is 0 Å². The Balaban J connectivity index is 1.33. The van der Waals surface area contributed by atoms with Gasteiger partial charge in [0.15, 0.2) is 0 Å². The van der Waals surface area contributed by atoms with Gasteiger partial charge in [-0.25, -0.2) is 4.79 Å². The van der Waals surface area contributed by atoms with Crippen molar-refractivity contribution < 1.29 is 9.90 Å². The molecule has 0 fully saturated rings. The molecular weight excluding hydrogens is 625 g/mol. The van der Waals surface area contributed by atoms with Crippen LogP contribution in [0, 0.1) is 11.3 Å². The Bertz CT molecular complexity index is 2030. The topological polar surface area (TPSA) is 70.8 Å². The Labute approximate surface area is 291 Å². The van der Waals surface area contributed by atoms with Crippen LogP contribution in [0.4, 0.5) is 28.4 Å². The third-order valence-corrected chi connectivity index (χ3v) is 9.44. The van der Waals surface area contributed by atoms with Gasteiger partial charge in [-0.2, -0.15) is 5.26 Å². The number of carboxylic acids is 1. The molecule has 0 radical (unpaired) electrons. The summed E-state index contributed by atoms with van der Waals surface area (Å²) < 4.78 is 0. The van der Waals surface area contributed by atoms with Gasteiger partial charge in [0, 0.05) is 66.4 Å². The van der Waals surface area contributed by atoms with Crippen LogP contribution in [-0.4, -0.2) is 39.3 Å². The van der Waals surface area contributed by atoms with Gasteiger partial charge in [0.25, 0.3) is 0 Å². The molecule has 1 N–H and O–H groups in total. The van der Waals surface area contributed by atoms with Gasteiger partial charge in [0.2, 0.25) is 0 Å². The molecule has 1 aromatic heterocycles. The number of aliphatic carboxylic acids is 1. The highest BCUT2D eigenvalue weighted by molar-refractivity contribution is 7.16. The van der Waals surface area contributed by atoms with E-state index in [1.807, 2.05) is 40.3 Å². The molecule has 49 heavy (non-hydrogen) atoms. The minimum Gasteiger partial charge on any atom is -0.477 e. The van der Waals surface area contributed by atoms with Crippen LogP contribution in [0.25, 0.3) is 38.8 Å². The van der Waals surface area contributed by atoms with Gasteiger partial charge in [-0.15, -0.1) is 11.3 Å². The van der Waals surface area contributed by atoms with Gasteiger partial charge in [0.1, 0.15) is 11.6 Å². The second kappa shape index (κ2) is 14.3. The summed E-state index contributed by atoms with van der Waals surface area (Å²) in [5.74, 6) is -1.23. The number of nitrogens with zero attached hydrogens (tertiary/aromatic N) is 4. The Morgan fingerprint density at radius 3 is 1.22 bits per heavy atom. The lowest BCUT2D eigenvalue weighted by Crippen LogP contribution is -2.10. The molecular formula is C42H36N4O2S. The van der Waals surface area contributed by atoms with Gasteiger partial charge in [-0.05, 0) is 107 Å². The number of nitriles is 1. The molecule has 0 amide bonds. The molecule has 6 aromatic rings. The van der Waals surface area contributed by atoms with E-state index >= 15 is 0 Å². The van der Waals surface area contributed by atoms with E-state index in [1.54, 1.807) is 6.07 Å². The third-order valence-electron chi connectivity index (χ3n) is 8.36. The van der Waals surface area contributed by atoms with Crippen molar-refractivity contribution in [3.05, 3.63) is 144 Å². The number of hydrogen-bond acceptors (Lipinski definition) is 6. The molecule has 0 saturated carbocycles. The van der Waals surface area contributed by atoms with Crippen LogP contribution in [0.2, 0.25) is 0 Å². The lowest BCUT2D eigenvalue weighted by atomic mass is 10.0. The fourth-order valence-electron chi connectivity index (χ4n) is 5.60. The molecule has 0 spiro atoms. The van der Waals surface area contributed by atoms with E-state index < -0.39 is 5.97 Å². The largest absolute Gasteiger partial charge is 0.477 e. The van der Waals surface area contributed by atoms with Crippen molar-refractivity contribution in [1.82, 2.24) is 0 Å². The predicted molar refractivity (Wildman–Crippen MR) is 205 cm³/mol. The first-order valence-electron chi connectivity index (χ1n) is 15.8. The SMILES string of the molecule is CN(C)c1ccc(-c2ccc(N(c3ccc(-c4ccc(N(C)C)cc4)cc3)c3ccc(-c4ccc(C=C(C#N)C(=O)O)s4)cc3)cc2)cc1. The highest BCUT2D eigenvalue weighted by Crippen LogP contribution is 2.39. The van der Waals surface area contributed by atoms with Crippen LogP contribution >= 0.6 is 11.3 Å². The summed E-state index contributed by atoms with van der Waals surface area (Å²) in [6.45, 7) is 0. The van der Waals surface area contributed by atoms with E-state index in [1.165, 1.54) is 17.4 Å². The summed E-state index contributed by atoms with van der Waals surface area (Å²) in [6.07, 6.45) is 1.41. The zero-order valence-electron chi connectivity index (χ0n) is 27.8. The molecule has 1 heterocycles. The second-order valence-electron chi connectivity index (χ2n) is 12.0. The van der Waals surface area contributed by atoms with Crippen LogP contribution in [0.3, 0.4) is 0 Å². The molecule has 6 rings (SSSR count). The Kier molecular flexibility index (Phi) is 9.61. The molecule has 0 atom stereocenters. The summed E-state index contributed by atoms with van der Waals surface area (Å²) in [7, 11) is 8.17. The number of benzene rings is 5. The minimum absolute atomic E-state index is 0.285. The van der Waals surface area contributed by atoms with Crippen LogP contribution in [-0.2, 0) is 4.79 Å². The quantitative estimate of drug-likeness (QED) is 0.116. The Hall–Kier alpha value is -6.10. The number of rotatable bonds is 10. The van der Waals surface area contributed by atoms with E-state index in [9.17, 15) is 9.90 Å². The second-order valence-corrected chi connectivity index (χ2v) is 13.2. The van der Waals surface area contributed by atoms with Gasteiger partial charge in [-0.3, -0.25) is 0 Å². The van der Waals surface area contributed by atoms with E-state index in [0.717, 1.165) is 61.1 Å². The predicted octanol–water partition coefficient (Wildman–Crippen LogP) is 10.3. The van der Waals surface area contributed by atoms with Crippen LogP contribution < -0.4 is 14.7 Å². The maximum absolute atomic E-state index is 11.3. The molecule has 0 unspecified atom stereocenters. The third kappa shape index (κ3) is 7.41. The number of carbonyl (C=O) groups is 1. The molecule has 0 aliphatic rings. The van der Waals surface area contributed by atoms with Crippen LogP contribution in [0.15, 0.2) is 139 Å². The van der Waals surface area contributed by atoms with Crippen LogP contribution in [0.1, 0.15) is 4.88 Å². The molecule has 7 heteroatoms. The monoisotopic (exact) mass is 660 g/mol. The van der Waals surface area contributed by atoms with Gasteiger partial charge < -0.3 is 19.8 Å². The highest BCUT2D eigenvalue weighted by atomic mass is 32.1. The molecule has 5 aromatic carbocycles. The zero-order valence-corrected chi connectivity index (χ0v) is 28.6. The van der Waals surface area contributed by atoms with Crippen LogP contribution in [0.5, 0.6) is 0 Å². The first-order chi connectivity index (χ1) is 23.7. The summed E-state index contributed by atoms with van der Waals surface area (Å²) in [4.78, 5) is 19.4. The summed E-state index contributed by atoms with van der Waals surface area (Å²) in [5, 5.41) is 18.4. The van der Waals surface area contributed by atoms with Gasteiger partial charge in [0.05, 0.1) is 0 Å². The lowest BCUT2D eigenvalue weighted by Gasteiger charge is -2.26. The zero-order chi connectivity index (χ0) is 34.5. The Morgan fingerprint density at radius 1 is 0.551 bits per heavy atom. The maximum atomic E-state index is 11.3. The summed E-state index contributed by atoms with van der Waals surface area (Å²) >= 11 is 1.45. The minimum atomic E-state index is -1.23. The molecule has 242 valence electrons. The normalized spacial score (nSPS) is 11.1. The average molecular weight is 661 g/mol. The van der Waals surface area contributed by atoms with Crippen molar-refractivity contribution in [3.63, 3.8) is 0 Å². The fourth-order valence-corrected chi connectivity index (χ4v) is 6.56. The van der Waals surface area contributed by atoms with Crippen molar-refractivity contribution in [2.24, 2.45) is 0 Å². The van der Waals surface area contributed by atoms with E-state index in [0.29, 0.717) is 4.88 Å². The summed E-state index contributed by atoms with van der Waals surface area (Å²) in [6, 6.07) is 48.3. The molecule has 0 aliphatic heterocycles. The standard InChI is InChI=1S/C42H36N4O2S/c1-44(2)35-15-5-29(6-16-35)31-9-19-37(20-10-31)46(38-21-11-32(12-22-38)30-7-17-36(18-8-30)45(3)4)39-23-13-33(14-24-39)41-26-25-40(49-41)27-34(28-43)42(47)48/h5-27H,1-4H3,(H,47,48). The number of thiophene rings is 1. The molecule has 0 saturated heterocycles. The number of carboxylic acid groups (broad SMARTS) is 1. The van der Waals surface area contributed by atoms with Gasteiger partial charge in [-0.1, -0.05) is 60.7 Å². The average Bonchev–Trinajstić information content (AvgIpc) is 3.60. The van der Waals surface area contributed by atoms with E-state index in [4.69, 9.17) is 5.26 Å². The number of anilines is 5. The highest BCUT2D eigenvalue weighted by Gasteiger charge is 2.15. The van der Waals surface area contributed by atoms with Crippen molar-refractivity contribution in [1.29, 1.82) is 5.26 Å². The van der Waals surface area contributed by atoms with Crippen molar-refractivity contribution >= 4 is 51.8 Å². The number of hydrogen-bond donors (Lipinski definition) is 1.